The van der Waals surface area contributed by atoms with Crippen LogP contribution in [-0.2, 0) is 0 Å². The van der Waals surface area contributed by atoms with Gasteiger partial charge in [0.2, 0.25) is 0 Å². The van der Waals surface area contributed by atoms with E-state index in [-0.39, 0.29) is 0 Å². The number of para-hydroxylation sites is 1. The zero-order chi connectivity index (χ0) is 6.10. The van der Waals surface area contributed by atoms with Crippen molar-refractivity contribution in [2.75, 3.05) is 0 Å². The second-order valence-corrected chi connectivity index (χ2v) is 1.78. The third-order valence-electron chi connectivity index (χ3n) is 1.18. The molecule has 0 saturated carbocycles. The van der Waals surface area contributed by atoms with Crippen molar-refractivity contribution in [3.63, 3.8) is 0 Å². The van der Waals surface area contributed by atoms with Gasteiger partial charge in [-0.05, 0) is 6.07 Å². The Morgan fingerprint density at radius 1 is 1.56 bits per heavy atom. The van der Waals surface area contributed by atoms with E-state index in [9.17, 15) is 0 Å². The van der Waals surface area contributed by atoms with Crippen LogP contribution in [0.25, 0.3) is 11.0 Å². The minimum Gasteiger partial charge on any atom is -0.356 e. The van der Waals surface area contributed by atoms with E-state index in [4.69, 9.17) is 4.52 Å². The summed E-state index contributed by atoms with van der Waals surface area (Å²) < 4.78 is 4.81. The highest BCUT2D eigenvalue weighted by molar-refractivity contribution is 5.74. The van der Waals surface area contributed by atoms with E-state index < -0.39 is 0 Å². The van der Waals surface area contributed by atoms with Crippen molar-refractivity contribution in [2.45, 2.75) is 0 Å². The molecule has 0 fully saturated rings. The van der Waals surface area contributed by atoms with Crippen LogP contribution in [0, 0.1) is 6.07 Å². The quantitative estimate of drug-likeness (QED) is 0.525. The molecule has 2 heteroatoms. The number of benzene rings is 1. The van der Waals surface area contributed by atoms with Gasteiger partial charge in [-0.3, -0.25) is 0 Å². The van der Waals surface area contributed by atoms with E-state index in [2.05, 4.69) is 11.2 Å². The molecule has 0 bridgehead atoms. The molecule has 2 nitrogen and oxygen atoms in total. The minimum atomic E-state index is 0.720. The summed E-state index contributed by atoms with van der Waals surface area (Å²) in [6.45, 7) is 0. The normalized spacial score (nSPS) is 10.2. The molecule has 0 saturated heterocycles. The Bertz CT molecular complexity index is 283. The zero-order valence-corrected chi connectivity index (χ0v) is 4.66. The fourth-order valence-corrected chi connectivity index (χ4v) is 0.751. The van der Waals surface area contributed by atoms with Crippen molar-refractivity contribution in [1.29, 1.82) is 0 Å². The Balaban J connectivity index is 2.95. The smallest absolute Gasteiger partial charge is 0.174 e. The summed E-state index contributed by atoms with van der Waals surface area (Å²) in [5.41, 5.74) is 0.720. The van der Waals surface area contributed by atoms with Crippen LogP contribution in [0.4, 0.5) is 0 Å². The maximum atomic E-state index is 4.81. The second kappa shape index (κ2) is 1.58. The first kappa shape index (κ1) is 4.56. The first-order chi connectivity index (χ1) is 4.47. The third kappa shape index (κ3) is 0.598. The predicted molar refractivity (Wildman–Crippen MR) is 32.8 cm³/mol. The SMILES string of the molecule is [c]1cccc2cnoc12. The van der Waals surface area contributed by atoms with Crippen LogP contribution in [0.3, 0.4) is 0 Å². The highest BCUT2D eigenvalue weighted by Gasteiger charge is 1.92. The molecule has 0 amide bonds. The highest BCUT2D eigenvalue weighted by atomic mass is 16.5. The molecule has 1 aromatic carbocycles. The molecular formula is C7H4NO. The molecule has 43 valence electrons. The number of hydrogen-bond acceptors (Lipinski definition) is 2. The molecule has 1 aromatic heterocycles. The van der Waals surface area contributed by atoms with Crippen LogP contribution in [0.5, 0.6) is 0 Å². The second-order valence-electron chi connectivity index (χ2n) is 1.78. The molecular weight excluding hydrogens is 114 g/mol. The van der Waals surface area contributed by atoms with E-state index in [1.807, 2.05) is 12.1 Å². The molecule has 0 spiro atoms. The minimum absolute atomic E-state index is 0.720. The molecule has 1 heterocycles. The molecule has 0 aliphatic rings. The predicted octanol–water partition coefficient (Wildman–Crippen LogP) is 1.63. The van der Waals surface area contributed by atoms with E-state index in [0.29, 0.717) is 0 Å². The van der Waals surface area contributed by atoms with E-state index in [1.165, 1.54) is 0 Å². The van der Waals surface area contributed by atoms with Gasteiger partial charge in [-0.1, -0.05) is 17.3 Å². The van der Waals surface area contributed by atoms with Crippen LogP contribution in [0.2, 0.25) is 0 Å². The van der Waals surface area contributed by atoms with Gasteiger partial charge in [0.05, 0.1) is 6.20 Å². The highest BCUT2D eigenvalue weighted by Crippen LogP contribution is 2.09. The summed E-state index contributed by atoms with van der Waals surface area (Å²) in [4.78, 5) is 0. The van der Waals surface area contributed by atoms with Crippen LogP contribution in [0.15, 0.2) is 28.9 Å². The lowest BCUT2D eigenvalue weighted by Gasteiger charge is -1.78. The Morgan fingerprint density at radius 2 is 2.56 bits per heavy atom. The summed E-state index contributed by atoms with van der Waals surface area (Å²) in [6.07, 6.45) is 1.67. The fourth-order valence-electron chi connectivity index (χ4n) is 0.751. The average molecular weight is 118 g/mol. The van der Waals surface area contributed by atoms with E-state index in [0.717, 1.165) is 11.0 Å². The van der Waals surface area contributed by atoms with Gasteiger partial charge < -0.3 is 4.52 Å². The Morgan fingerprint density at radius 3 is 3.44 bits per heavy atom. The van der Waals surface area contributed by atoms with Gasteiger partial charge in [0, 0.05) is 11.5 Å². The molecule has 2 rings (SSSR count). The average Bonchev–Trinajstić information content (AvgIpc) is 2.33. The van der Waals surface area contributed by atoms with Crippen LogP contribution < -0.4 is 0 Å². The lowest BCUT2D eigenvalue weighted by molar-refractivity contribution is 0.456. The molecule has 2 aromatic rings. The molecule has 9 heavy (non-hydrogen) atoms. The molecule has 0 unspecified atom stereocenters. The van der Waals surface area contributed by atoms with Gasteiger partial charge in [-0.15, -0.1) is 0 Å². The fraction of sp³-hybridized carbons (Fsp3) is 0. The van der Waals surface area contributed by atoms with E-state index in [1.54, 1.807) is 12.3 Å². The number of rotatable bonds is 0. The number of hydrogen-bond donors (Lipinski definition) is 0. The number of aromatic nitrogens is 1. The summed E-state index contributed by atoms with van der Waals surface area (Å²) in [7, 11) is 0. The summed E-state index contributed by atoms with van der Waals surface area (Å²) in [5, 5.41) is 4.59. The van der Waals surface area contributed by atoms with Crippen LogP contribution in [-0.4, -0.2) is 5.16 Å². The van der Waals surface area contributed by atoms with Crippen LogP contribution >= 0.6 is 0 Å². The monoisotopic (exact) mass is 118 g/mol. The van der Waals surface area contributed by atoms with Gasteiger partial charge in [-0.2, -0.15) is 0 Å². The van der Waals surface area contributed by atoms with Gasteiger partial charge in [-0.25, -0.2) is 0 Å². The third-order valence-corrected chi connectivity index (χ3v) is 1.18. The first-order valence-electron chi connectivity index (χ1n) is 2.68. The summed E-state index contributed by atoms with van der Waals surface area (Å²) in [5.74, 6) is 0. The maximum absolute atomic E-state index is 4.81. The molecule has 0 N–H and O–H groups in total. The molecule has 0 atom stereocenters. The first-order valence-corrected chi connectivity index (χ1v) is 2.68. The lowest BCUT2D eigenvalue weighted by atomic mass is 10.3. The van der Waals surface area contributed by atoms with Gasteiger partial charge in [0.1, 0.15) is 0 Å². The molecule has 0 aliphatic heterocycles. The van der Waals surface area contributed by atoms with Crippen molar-refractivity contribution in [2.24, 2.45) is 0 Å². The van der Waals surface area contributed by atoms with Gasteiger partial charge in [0.15, 0.2) is 5.58 Å². The topological polar surface area (TPSA) is 26.0 Å². The molecule has 1 radical (unpaired) electrons. The summed E-state index contributed by atoms with van der Waals surface area (Å²) >= 11 is 0. The number of fused-ring (bicyclic) bond motifs is 1. The largest absolute Gasteiger partial charge is 0.356 e. The standard InChI is InChI=1S/C7H4NO/c1-2-4-7-6(3-1)5-8-9-7/h1-3,5H. The Hall–Kier alpha value is -1.31. The molecule has 0 aliphatic carbocycles. The van der Waals surface area contributed by atoms with Crippen molar-refractivity contribution in [3.8, 4) is 0 Å². The lowest BCUT2D eigenvalue weighted by Crippen LogP contribution is -1.58. The number of nitrogens with zero attached hydrogens (tertiary/aromatic N) is 1. The van der Waals surface area contributed by atoms with Crippen molar-refractivity contribution >= 4 is 11.0 Å². The zero-order valence-electron chi connectivity index (χ0n) is 4.66. The maximum Gasteiger partial charge on any atom is 0.174 e. The van der Waals surface area contributed by atoms with Crippen molar-refractivity contribution in [3.05, 3.63) is 30.5 Å². The van der Waals surface area contributed by atoms with Gasteiger partial charge >= 0.3 is 0 Å². The Kier molecular flexibility index (Phi) is 0.803. The Labute approximate surface area is 52.1 Å². The van der Waals surface area contributed by atoms with Gasteiger partial charge in [0.25, 0.3) is 0 Å². The van der Waals surface area contributed by atoms with Crippen molar-refractivity contribution in [1.82, 2.24) is 5.16 Å². The summed E-state index contributed by atoms with van der Waals surface area (Å²) in [6, 6.07) is 8.54. The van der Waals surface area contributed by atoms with Crippen LogP contribution in [0.1, 0.15) is 0 Å². The van der Waals surface area contributed by atoms with E-state index >= 15 is 0 Å². The van der Waals surface area contributed by atoms with Crippen molar-refractivity contribution < 1.29 is 4.52 Å².